The molecule has 0 aliphatic carbocycles. The predicted molar refractivity (Wildman–Crippen MR) is 75.1 cm³/mol. The van der Waals surface area contributed by atoms with Crippen molar-refractivity contribution >= 4 is 7.92 Å². The Kier molecular flexibility index (Phi) is 44.6. The molecule has 0 heterocycles. The molecule has 0 amide bonds. The van der Waals surface area contributed by atoms with Crippen LogP contribution in [-0.2, 0) is 26.2 Å². The smallest absolute Gasteiger partial charge is 1.00 e. The van der Waals surface area contributed by atoms with Crippen molar-refractivity contribution in [3.63, 3.8) is 0 Å². The van der Waals surface area contributed by atoms with Gasteiger partial charge in [-0.3, -0.25) is 0 Å². The van der Waals surface area contributed by atoms with Crippen LogP contribution in [0.4, 0.5) is 0 Å². The third kappa shape index (κ3) is 16.6. The molecule has 122 valence electrons. The Labute approximate surface area is 172 Å². The molecule has 0 aromatic rings. The first-order valence-electron chi connectivity index (χ1n) is 6.51. The van der Waals surface area contributed by atoms with Gasteiger partial charge in [-0.05, 0) is 29.5 Å². The SMILES string of the molecule is CCCC=C(CCC)P(C(C)C)C(C)C.[Cl-].[Cl-].[Cl-].[Cl-].[Zr+4]. The molecule has 0 atom stereocenters. The third-order valence-corrected chi connectivity index (χ3v) is 5.91. The van der Waals surface area contributed by atoms with E-state index in [1.54, 1.807) is 5.31 Å². The van der Waals surface area contributed by atoms with E-state index in [-0.39, 0.29) is 83.8 Å². The van der Waals surface area contributed by atoms with Crippen LogP contribution in [0.15, 0.2) is 11.4 Å². The van der Waals surface area contributed by atoms with Gasteiger partial charge in [0.2, 0.25) is 0 Å². The minimum atomic E-state index is 0. The number of unbranched alkanes of at least 4 members (excludes halogenated alkanes) is 1. The van der Waals surface area contributed by atoms with Gasteiger partial charge in [-0.25, -0.2) is 0 Å². The van der Waals surface area contributed by atoms with Gasteiger partial charge in [0.1, 0.15) is 0 Å². The number of halogens is 4. The fourth-order valence-electron chi connectivity index (χ4n) is 2.16. The second-order valence-electron chi connectivity index (χ2n) is 4.83. The van der Waals surface area contributed by atoms with Gasteiger partial charge in [0.05, 0.1) is 0 Å². The molecule has 0 radical (unpaired) electrons. The Hall–Kier alpha value is 2.21. The average molecular weight is 461 g/mol. The van der Waals surface area contributed by atoms with Crippen LogP contribution in [-0.4, -0.2) is 11.3 Å². The van der Waals surface area contributed by atoms with Gasteiger partial charge in [-0.2, -0.15) is 0 Å². The van der Waals surface area contributed by atoms with Crippen LogP contribution in [0, 0.1) is 0 Å². The summed E-state index contributed by atoms with van der Waals surface area (Å²) in [5.41, 5.74) is 1.68. The van der Waals surface area contributed by atoms with E-state index in [1.807, 2.05) is 0 Å². The molecule has 0 nitrogen and oxygen atoms in total. The monoisotopic (exact) mass is 458 g/mol. The van der Waals surface area contributed by atoms with E-state index >= 15 is 0 Å². The molecule has 0 bridgehead atoms. The Bertz CT molecular complexity index is 192. The van der Waals surface area contributed by atoms with E-state index in [0.717, 1.165) is 11.3 Å². The molecule has 0 rings (SSSR count). The van der Waals surface area contributed by atoms with Crippen LogP contribution in [0.1, 0.15) is 67.2 Å². The summed E-state index contributed by atoms with van der Waals surface area (Å²) in [5, 5.41) is 1.78. The van der Waals surface area contributed by atoms with Crippen LogP contribution in [0.25, 0.3) is 0 Å². The molecule has 0 aromatic carbocycles. The van der Waals surface area contributed by atoms with Crippen molar-refractivity contribution in [3.8, 4) is 0 Å². The first kappa shape index (κ1) is 38.0. The molecular formula is C14H29Cl4PZr. The van der Waals surface area contributed by atoms with Crippen LogP contribution in [0.5, 0.6) is 0 Å². The summed E-state index contributed by atoms with van der Waals surface area (Å²) in [7, 11) is 0.102. The maximum absolute atomic E-state index is 2.54. The van der Waals surface area contributed by atoms with Crippen molar-refractivity contribution in [1.82, 2.24) is 0 Å². The van der Waals surface area contributed by atoms with Crippen LogP contribution in [0.2, 0.25) is 0 Å². The van der Waals surface area contributed by atoms with E-state index in [0.29, 0.717) is 0 Å². The average Bonchev–Trinajstić information content (AvgIpc) is 2.13. The molecule has 0 aromatic heterocycles. The zero-order valence-corrected chi connectivity index (χ0v) is 19.9. The number of hydrogen-bond acceptors (Lipinski definition) is 0. The van der Waals surface area contributed by atoms with Gasteiger partial charge in [-0.1, -0.05) is 68.4 Å². The Balaban J connectivity index is -0.0000000980. The van der Waals surface area contributed by atoms with E-state index in [9.17, 15) is 0 Å². The topological polar surface area (TPSA) is 0 Å². The summed E-state index contributed by atoms with van der Waals surface area (Å²) < 4.78 is 0. The molecule has 0 fully saturated rings. The zero-order valence-electron chi connectivity index (χ0n) is 13.5. The van der Waals surface area contributed by atoms with Gasteiger partial charge < -0.3 is 49.6 Å². The molecule has 0 unspecified atom stereocenters. The molecule has 20 heavy (non-hydrogen) atoms. The van der Waals surface area contributed by atoms with E-state index < -0.39 is 0 Å². The maximum Gasteiger partial charge on any atom is 4.00 e. The normalized spacial score (nSPS) is 9.95. The van der Waals surface area contributed by atoms with E-state index in [4.69, 9.17) is 0 Å². The zero-order chi connectivity index (χ0) is 11.8. The summed E-state index contributed by atoms with van der Waals surface area (Å²) in [6, 6.07) is 0. The Morgan fingerprint density at radius 3 is 1.50 bits per heavy atom. The van der Waals surface area contributed by atoms with E-state index in [1.165, 1.54) is 25.7 Å². The Morgan fingerprint density at radius 1 is 0.850 bits per heavy atom. The van der Waals surface area contributed by atoms with Gasteiger partial charge in [0, 0.05) is 0 Å². The summed E-state index contributed by atoms with van der Waals surface area (Å²) in [5.74, 6) is 0. The fraction of sp³-hybridized carbons (Fsp3) is 0.857. The summed E-state index contributed by atoms with van der Waals surface area (Å²) in [6.07, 6.45) is 7.71. The van der Waals surface area contributed by atoms with Crippen molar-refractivity contribution in [2.75, 3.05) is 0 Å². The largest absolute Gasteiger partial charge is 4.00 e. The molecule has 0 saturated heterocycles. The van der Waals surface area contributed by atoms with Gasteiger partial charge in [0.25, 0.3) is 0 Å². The second kappa shape index (κ2) is 23.5. The molecule has 0 aliphatic heterocycles. The number of allylic oxidation sites excluding steroid dienone is 2. The maximum atomic E-state index is 2.54. The molecule has 0 spiro atoms. The standard InChI is InChI=1S/C14H29P.4ClH.Zr/c1-7-9-11-14(10-8-2)15(12(3)4)13(5)6;;;;;/h11-13H,7-10H2,1-6H3;4*1H;/q;;;;;+4/p-4. The van der Waals surface area contributed by atoms with Crippen molar-refractivity contribution in [2.24, 2.45) is 0 Å². The van der Waals surface area contributed by atoms with Gasteiger partial charge in [-0.15, -0.1) is 0 Å². The van der Waals surface area contributed by atoms with Crippen LogP contribution in [0.3, 0.4) is 0 Å². The van der Waals surface area contributed by atoms with Crippen molar-refractivity contribution < 1.29 is 75.8 Å². The van der Waals surface area contributed by atoms with E-state index in [2.05, 4.69) is 47.6 Å². The molecule has 0 aliphatic rings. The van der Waals surface area contributed by atoms with Crippen LogP contribution >= 0.6 is 7.92 Å². The first-order valence-corrected chi connectivity index (χ1v) is 7.99. The van der Waals surface area contributed by atoms with Crippen molar-refractivity contribution in [2.45, 2.75) is 78.5 Å². The van der Waals surface area contributed by atoms with Gasteiger partial charge in [0.15, 0.2) is 0 Å². The quantitative estimate of drug-likeness (QED) is 0.331. The first-order chi connectivity index (χ1) is 7.04. The second-order valence-corrected chi connectivity index (χ2v) is 8.28. The van der Waals surface area contributed by atoms with Gasteiger partial charge >= 0.3 is 26.2 Å². The predicted octanol–water partition coefficient (Wildman–Crippen LogP) is -6.22. The summed E-state index contributed by atoms with van der Waals surface area (Å²) in [6.45, 7) is 14.1. The summed E-state index contributed by atoms with van der Waals surface area (Å²) >= 11 is 0. The third-order valence-electron chi connectivity index (χ3n) is 2.62. The fourth-order valence-corrected chi connectivity index (χ4v) is 5.50. The minimum Gasteiger partial charge on any atom is -1.00 e. The summed E-state index contributed by atoms with van der Waals surface area (Å²) in [4.78, 5) is 0. The molecule has 0 N–H and O–H groups in total. The number of rotatable bonds is 7. The number of hydrogen-bond donors (Lipinski definition) is 0. The molecule has 6 heteroatoms. The van der Waals surface area contributed by atoms with Crippen molar-refractivity contribution in [3.05, 3.63) is 11.4 Å². The Morgan fingerprint density at radius 2 is 1.25 bits per heavy atom. The minimum absolute atomic E-state index is 0. The van der Waals surface area contributed by atoms with Crippen molar-refractivity contribution in [1.29, 1.82) is 0 Å². The van der Waals surface area contributed by atoms with Crippen LogP contribution < -0.4 is 49.6 Å². The molecule has 0 saturated carbocycles. The molecular weight excluding hydrogens is 432 g/mol.